The molecule has 0 aromatic heterocycles. The van der Waals surface area contributed by atoms with Crippen LogP contribution in [0.3, 0.4) is 0 Å². The average Bonchev–Trinajstić information content (AvgIpc) is 2.26. The van der Waals surface area contributed by atoms with Crippen LogP contribution in [0.5, 0.6) is 0 Å². The predicted molar refractivity (Wildman–Crippen MR) is 74.7 cm³/mol. The zero-order chi connectivity index (χ0) is 12.7. The van der Waals surface area contributed by atoms with E-state index >= 15 is 0 Å². The van der Waals surface area contributed by atoms with E-state index in [1.165, 1.54) is 16.7 Å². The lowest BCUT2D eigenvalue weighted by Gasteiger charge is -2.34. The molecule has 1 rings (SSSR count). The Balaban J connectivity index is 0.00000106. The van der Waals surface area contributed by atoms with Crippen LogP contribution in [0.4, 0.5) is 0 Å². The molecule has 16 heavy (non-hydrogen) atoms. The molecule has 1 nitrogen and oxygen atoms in total. The average molecular weight is 221 g/mol. The molecular formula is C15H27N. The molecule has 0 aliphatic carbocycles. The minimum Gasteiger partial charge on any atom is -0.295 e. The first-order valence-corrected chi connectivity index (χ1v) is 6.23. The highest BCUT2D eigenvalue weighted by Gasteiger charge is 2.22. The standard InChI is InChI=1S/C13H21N.C2H6/c1-6-7-12-9-14(5)13(10(2)3)8-11(12)4;1-2/h6-7,13H,2,8-9H2,1,3-5H3;1-2H3/b7-6-;. The second-order valence-electron chi connectivity index (χ2n) is 4.29. The van der Waals surface area contributed by atoms with Crippen LogP contribution in [0.25, 0.3) is 0 Å². The molecule has 0 saturated carbocycles. The van der Waals surface area contributed by atoms with E-state index in [1.807, 2.05) is 13.8 Å². The molecular weight excluding hydrogens is 194 g/mol. The maximum atomic E-state index is 4.05. The third-order valence-corrected chi connectivity index (χ3v) is 2.94. The van der Waals surface area contributed by atoms with Gasteiger partial charge in [0.15, 0.2) is 0 Å². The smallest absolute Gasteiger partial charge is 0.0340 e. The van der Waals surface area contributed by atoms with Gasteiger partial charge in [-0.1, -0.05) is 43.7 Å². The molecule has 0 aromatic rings. The molecule has 0 N–H and O–H groups in total. The molecule has 92 valence electrons. The largest absolute Gasteiger partial charge is 0.295 e. The number of likely N-dealkylation sites (N-methyl/N-ethyl adjacent to an activating group) is 1. The molecule has 1 heterocycles. The highest BCUT2D eigenvalue weighted by molar-refractivity contribution is 5.31. The minimum atomic E-state index is 0.531. The summed E-state index contributed by atoms with van der Waals surface area (Å²) in [5, 5.41) is 0. The lowest BCUT2D eigenvalue weighted by molar-refractivity contribution is 0.277. The van der Waals surface area contributed by atoms with E-state index in [4.69, 9.17) is 0 Å². The van der Waals surface area contributed by atoms with E-state index in [1.54, 1.807) is 0 Å². The molecule has 1 aliphatic rings. The van der Waals surface area contributed by atoms with Gasteiger partial charge in [-0.15, -0.1) is 0 Å². The maximum absolute atomic E-state index is 4.05. The Labute approximate surface area is 102 Å². The summed E-state index contributed by atoms with van der Waals surface area (Å²) in [6.45, 7) is 15.5. The number of rotatable bonds is 2. The zero-order valence-electron chi connectivity index (χ0n) is 11.8. The van der Waals surface area contributed by atoms with E-state index in [2.05, 4.69) is 51.4 Å². The van der Waals surface area contributed by atoms with Crippen molar-refractivity contribution in [1.82, 2.24) is 4.90 Å². The summed E-state index contributed by atoms with van der Waals surface area (Å²) in [5.74, 6) is 0. The molecule has 0 bridgehead atoms. The number of allylic oxidation sites excluding steroid dienone is 1. The Kier molecular flexibility index (Phi) is 7.07. The van der Waals surface area contributed by atoms with Crippen molar-refractivity contribution in [3.63, 3.8) is 0 Å². The van der Waals surface area contributed by atoms with E-state index < -0.39 is 0 Å². The molecule has 0 radical (unpaired) electrons. The molecule has 1 unspecified atom stereocenters. The number of hydrogen-bond donors (Lipinski definition) is 0. The van der Waals surface area contributed by atoms with Crippen LogP contribution >= 0.6 is 0 Å². The van der Waals surface area contributed by atoms with Gasteiger partial charge in [0.1, 0.15) is 0 Å². The second kappa shape index (κ2) is 7.45. The van der Waals surface area contributed by atoms with Crippen molar-refractivity contribution >= 4 is 0 Å². The fourth-order valence-electron chi connectivity index (χ4n) is 2.04. The zero-order valence-corrected chi connectivity index (χ0v) is 11.8. The van der Waals surface area contributed by atoms with Crippen molar-refractivity contribution in [1.29, 1.82) is 0 Å². The minimum absolute atomic E-state index is 0.531. The van der Waals surface area contributed by atoms with Crippen LogP contribution in [0.2, 0.25) is 0 Å². The third kappa shape index (κ3) is 3.97. The summed E-state index contributed by atoms with van der Waals surface area (Å²) in [7, 11) is 2.18. The van der Waals surface area contributed by atoms with Gasteiger partial charge in [-0.2, -0.15) is 0 Å². The fraction of sp³-hybridized carbons (Fsp3) is 0.600. The summed E-state index contributed by atoms with van der Waals surface area (Å²) in [6.07, 6.45) is 5.47. The van der Waals surface area contributed by atoms with Crippen LogP contribution in [-0.2, 0) is 0 Å². The van der Waals surface area contributed by atoms with Crippen LogP contribution in [0.1, 0.15) is 41.0 Å². The third-order valence-electron chi connectivity index (χ3n) is 2.94. The summed E-state index contributed by atoms with van der Waals surface area (Å²) in [4.78, 5) is 2.38. The van der Waals surface area contributed by atoms with Gasteiger partial charge in [0.05, 0.1) is 0 Å². The van der Waals surface area contributed by atoms with Crippen LogP contribution in [0.15, 0.2) is 35.5 Å². The number of nitrogens with zero attached hydrogens (tertiary/aromatic N) is 1. The molecule has 0 fully saturated rings. The van der Waals surface area contributed by atoms with Crippen molar-refractivity contribution in [2.24, 2.45) is 0 Å². The lowest BCUT2D eigenvalue weighted by atomic mass is 9.92. The summed E-state index contributed by atoms with van der Waals surface area (Å²) < 4.78 is 0. The van der Waals surface area contributed by atoms with Gasteiger partial charge in [-0.05, 0) is 39.8 Å². The Morgan fingerprint density at radius 2 is 2.00 bits per heavy atom. The Hall–Kier alpha value is -0.820. The van der Waals surface area contributed by atoms with Crippen molar-refractivity contribution in [3.05, 3.63) is 35.5 Å². The first-order chi connectivity index (χ1) is 7.56. The highest BCUT2D eigenvalue weighted by atomic mass is 15.1. The van der Waals surface area contributed by atoms with E-state index in [0.29, 0.717) is 6.04 Å². The van der Waals surface area contributed by atoms with Gasteiger partial charge in [0, 0.05) is 12.6 Å². The Morgan fingerprint density at radius 1 is 1.44 bits per heavy atom. The molecule has 0 amide bonds. The van der Waals surface area contributed by atoms with Crippen LogP contribution in [0, 0.1) is 0 Å². The van der Waals surface area contributed by atoms with Crippen LogP contribution in [-0.4, -0.2) is 24.5 Å². The molecule has 1 heteroatoms. The quantitative estimate of drug-likeness (QED) is 0.632. The summed E-state index contributed by atoms with van der Waals surface area (Å²) in [5.41, 5.74) is 4.24. The number of hydrogen-bond acceptors (Lipinski definition) is 1. The Morgan fingerprint density at radius 3 is 2.44 bits per heavy atom. The summed E-state index contributed by atoms with van der Waals surface area (Å²) in [6, 6.07) is 0.531. The molecule has 1 aliphatic heterocycles. The normalized spacial score (nSPS) is 22.0. The van der Waals surface area contributed by atoms with Gasteiger partial charge >= 0.3 is 0 Å². The fourth-order valence-corrected chi connectivity index (χ4v) is 2.04. The SMILES string of the molecule is C=C(C)C1CC(C)=C(/C=C\C)CN1C.CC. The first-order valence-electron chi connectivity index (χ1n) is 6.23. The molecule has 0 aromatic carbocycles. The monoisotopic (exact) mass is 221 g/mol. The van der Waals surface area contributed by atoms with Gasteiger partial charge in [0.25, 0.3) is 0 Å². The van der Waals surface area contributed by atoms with Crippen molar-refractivity contribution < 1.29 is 0 Å². The van der Waals surface area contributed by atoms with Crippen LogP contribution < -0.4 is 0 Å². The first kappa shape index (κ1) is 15.2. The van der Waals surface area contributed by atoms with Gasteiger partial charge in [0.2, 0.25) is 0 Å². The van der Waals surface area contributed by atoms with Crippen molar-refractivity contribution in [2.75, 3.05) is 13.6 Å². The van der Waals surface area contributed by atoms with Gasteiger partial charge in [-0.3, -0.25) is 4.90 Å². The molecule has 0 saturated heterocycles. The summed E-state index contributed by atoms with van der Waals surface area (Å²) >= 11 is 0. The van der Waals surface area contributed by atoms with Gasteiger partial charge in [-0.25, -0.2) is 0 Å². The molecule has 1 atom stereocenters. The second-order valence-corrected chi connectivity index (χ2v) is 4.29. The molecule has 0 spiro atoms. The highest BCUT2D eigenvalue weighted by Crippen LogP contribution is 2.25. The van der Waals surface area contributed by atoms with E-state index in [0.717, 1.165) is 13.0 Å². The maximum Gasteiger partial charge on any atom is 0.0340 e. The lowest BCUT2D eigenvalue weighted by Crippen LogP contribution is -2.37. The topological polar surface area (TPSA) is 3.24 Å². The van der Waals surface area contributed by atoms with Crippen molar-refractivity contribution in [2.45, 2.75) is 47.1 Å². The van der Waals surface area contributed by atoms with Gasteiger partial charge < -0.3 is 0 Å². The Bertz CT molecular complexity index is 284. The van der Waals surface area contributed by atoms with E-state index in [-0.39, 0.29) is 0 Å². The van der Waals surface area contributed by atoms with E-state index in [9.17, 15) is 0 Å². The van der Waals surface area contributed by atoms with Crippen molar-refractivity contribution in [3.8, 4) is 0 Å². The predicted octanol–water partition coefficient (Wildman–Crippen LogP) is 4.19.